The van der Waals surface area contributed by atoms with Gasteiger partial charge >= 0.3 is 5.97 Å². The van der Waals surface area contributed by atoms with Gasteiger partial charge in [-0.3, -0.25) is 14.6 Å². The van der Waals surface area contributed by atoms with Crippen molar-refractivity contribution < 1.29 is 19.5 Å². The van der Waals surface area contributed by atoms with E-state index in [9.17, 15) is 14.4 Å². The molecule has 166 valence electrons. The van der Waals surface area contributed by atoms with Crippen molar-refractivity contribution in [2.75, 3.05) is 23.4 Å². The van der Waals surface area contributed by atoms with Crippen LogP contribution in [0.25, 0.3) is 11.0 Å². The van der Waals surface area contributed by atoms with Crippen LogP contribution >= 0.6 is 0 Å². The molecule has 3 aromatic rings. The zero-order chi connectivity index (χ0) is 23.3. The van der Waals surface area contributed by atoms with Crippen molar-refractivity contribution in [2.45, 2.75) is 25.4 Å². The van der Waals surface area contributed by atoms with E-state index in [0.717, 1.165) is 5.69 Å². The Morgan fingerprint density at radius 3 is 2.59 bits per heavy atom. The van der Waals surface area contributed by atoms with E-state index >= 15 is 0 Å². The molecular formula is C21H23N7O4. The number of nitrogen functional groups attached to an aromatic ring is 2. The summed E-state index contributed by atoms with van der Waals surface area (Å²) in [7, 11) is 1.86. The minimum atomic E-state index is -1.03. The van der Waals surface area contributed by atoms with Crippen LogP contribution in [0.3, 0.4) is 0 Å². The number of hydrogen-bond acceptors (Lipinski definition) is 9. The molecule has 0 aliphatic carbocycles. The number of aliphatic carboxylic acids is 1. The first-order valence-corrected chi connectivity index (χ1v) is 9.73. The number of nitrogens with one attached hydrogen (secondary N) is 1. The van der Waals surface area contributed by atoms with Crippen LogP contribution in [0.2, 0.25) is 0 Å². The van der Waals surface area contributed by atoms with Crippen molar-refractivity contribution in [1.82, 2.24) is 20.3 Å². The first kappa shape index (κ1) is 22.4. The SMILES string of the molecule is CN(Cc1cnc2cc(N)nc(N)c2n1)c1ccc(C(=O)N[C@H](C=O)CCC(=O)O)cc1. The minimum Gasteiger partial charge on any atom is -0.481 e. The van der Waals surface area contributed by atoms with Gasteiger partial charge in [0.1, 0.15) is 17.6 Å². The van der Waals surface area contributed by atoms with Crippen molar-refractivity contribution in [3.8, 4) is 0 Å². The predicted molar refractivity (Wildman–Crippen MR) is 119 cm³/mol. The molecule has 0 aliphatic rings. The molecule has 6 N–H and O–H groups in total. The maximum Gasteiger partial charge on any atom is 0.303 e. The standard InChI is InChI=1S/C21H23N7O4/c1-28(10-14-9-24-16-8-17(22)27-20(23)19(16)25-14)15-5-2-12(3-6-15)21(32)26-13(11-29)4-7-18(30)31/h2-3,5-6,8-9,11,13H,4,7,10H2,1H3,(H,26,32)(H,30,31)(H4,22,23,27)/t13-/m0/s1. The summed E-state index contributed by atoms with van der Waals surface area (Å²) in [6.07, 6.45) is 1.99. The fourth-order valence-corrected chi connectivity index (χ4v) is 3.08. The van der Waals surface area contributed by atoms with E-state index in [2.05, 4.69) is 20.3 Å². The number of anilines is 3. The Kier molecular flexibility index (Phi) is 6.78. The van der Waals surface area contributed by atoms with E-state index in [1.165, 1.54) is 0 Å². The molecule has 1 amide bonds. The van der Waals surface area contributed by atoms with Crippen LogP contribution in [0.4, 0.5) is 17.3 Å². The van der Waals surface area contributed by atoms with Gasteiger partial charge in [-0.1, -0.05) is 0 Å². The molecule has 32 heavy (non-hydrogen) atoms. The number of rotatable bonds is 9. The van der Waals surface area contributed by atoms with Gasteiger partial charge in [0.05, 0.1) is 30.0 Å². The van der Waals surface area contributed by atoms with Crippen LogP contribution in [0.1, 0.15) is 28.9 Å². The van der Waals surface area contributed by atoms with E-state index < -0.39 is 17.9 Å². The van der Waals surface area contributed by atoms with Gasteiger partial charge in [-0.05, 0) is 30.7 Å². The molecule has 0 saturated heterocycles. The molecule has 0 bridgehead atoms. The number of hydrogen-bond donors (Lipinski definition) is 4. The number of nitrogens with zero attached hydrogens (tertiary/aromatic N) is 4. The van der Waals surface area contributed by atoms with E-state index in [4.69, 9.17) is 16.6 Å². The van der Waals surface area contributed by atoms with E-state index in [1.54, 1.807) is 36.5 Å². The molecule has 0 unspecified atom stereocenters. The third kappa shape index (κ3) is 5.45. The summed E-state index contributed by atoms with van der Waals surface area (Å²) < 4.78 is 0. The third-order valence-corrected chi connectivity index (χ3v) is 4.75. The molecule has 0 saturated carbocycles. The van der Waals surface area contributed by atoms with Gasteiger partial charge in [-0.15, -0.1) is 0 Å². The highest BCUT2D eigenvalue weighted by Crippen LogP contribution is 2.20. The maximum atomic E-state index is 12.3. The van der Waals surface area contributed by atoms with Gasteiger partial charge in [0.15, 0.2) is 5.82 Å². The molecule has 2 heterocycles. The second-order valence-corrected chi connectivity index (χ2v) is 7.21. The molecule has 0 spiro atoms. The first-order valence-electron chi connectivity index (χ1n) is 9.73. The lowest BCUT2D eigenvalue weighted by Crippen LogP contribution is -2.36. The Morgan fingerprint density at radius 1 is 1.22 bits per heavy atom. The van der Waals surface area contributed by atoms with Crippen LogP contribution in [0, 0.1) is 0 Å². The predicted octanol–water partition coefficient (Wildman–Crippen LogP) is 0.988. The number of pyridine rings is 1. The van der Waals surface area contributed by atoms with Crippen molar-refractivity contribution in [3.05, 3.63) is 47.8 Å². The number of carbonyl (C=O) groups excluding carboxylic acids is 2. The largest absolute Gasteiger partial charge is 0.481 e. The second kappa shape index (κ2) is 9.69. The number of fused-ring (bicyclic) bond motifs is 1. The number of benzene rings is 1. The summed E-state index contributed by atoms with van der Waals surface area (Å²) in [5.74, 6) is -0.994. The van der Waals surface area contributed by atoms with Crippen molar-refractivity contribution >= 4 is 46.5 Å². The van der Waals surface area contributed by atoms with Crippen molar-refractivity contribution in [2.24, 2.45) is 0 Å². The molecule has 3 rings (SSSR count). The lowest BCUT2D eigenvalue weighted by atomic mass is 10.1. The summed E-state index contributed by atoms with van der Waals surface area (Å²) in [5, 5.41) is 11.2. The molecule has 0 aliphatic heterocycles. The lowest BCUT2D eigenvalue weighted by Gasteiger charge is -2.19. The van der Waals surface area contributed by atoms with Gasteiger partial charge in [0, 0.05) is 30.8 Å². The van der Waals surface area contributed by atoms with Crippen LogP contribution in [-0.2, 0) is 16.1 Å². The van der Waals surface area contributed by atoms with E-state index in [1.807, 2.05) is 11.9 Å². The summed E-state index contributed by atoms with van der Waals surface area (Å²) in [4.78, 5) is 48.8. The molecule has 2 aromatic heterocycles. The molecule has 0 radical (unpaired) electrons. The normalized spacial score (nSPS) is 11.7. The van der Waals surface area contributed by atoms with Crippen LogP contribution in [-0.4, -0.2) is 51.3 Å². The Morgan fingerprint density at radius 2 is 1.94 bits per heavy atom. The Hall–Kier alpha value is -4.28. The first-order chi connectivity index (χ1) is 15.3. The Labute approximate surface area is 183 Å². The molecule has 1 atom stereocenters. The van der Waals surface area contributed by atoms with Crippen molar-refractivity contribution in [3.63, 3.8) is 0 Å². The quantitative estimate of drug-likeness (QED) is 0.353. The third-order valence-electron chi connectivity index (χ3n) is 4.75. The zero-order valence-electron chi connectivity index (χ0n) is 17.4. The van der Waals surface area contributed by atoms with Gasteiger partial charge in [-0.2, -0.15) is 0 Å². The van der Waals surface area contributed by atoms with Crippen LogP contribution in [0.15, 0.2) is 36.5 Å². The number of nitrogens with two attached hydrogens (primary N) is 2. The smallest absolute Gasteiger partial charge is 0.303 e. The fourth-order valence-electron chi connectivity index (χ4n) is 3.08. The number of amides is 1. The highest BCUT2D eigenvalue weighted by atomic mass is 16.4. The van der Waals surface area contributed by atoms with Gasteiger partial charge in [0.2, 0.25) is 0 Å². The second-order valence-electron chi connectivity index (χ2n) is 7.21. The summed E-state index contributed by atoms with van der Waals surface area (Å²) in [6.45, 7) is 0.431. The molecule has 11 heteroatoms. The zero-order valence-corrected chi connectivity index (χ0v) is 17.4. The number of carbonyl (C=O) groups is 3. The average molecular weight is 437 g/mol. The maximum absolute atomic E-state index is 12.3. The monoisotopic (exact) mass is 437 g/mol. The van der Waals surface area contributed by atoms with Crippen LogP contribution in [0.5, 0.6) is 0 Å². The summed E-state index contributed by atoms with van der Waals surface area (Å²) >= 11 is 0. The summed E-state index contributed by atoms with van der Waals surface area (Å²) in [5.41, 5.74) is 14.5. The van der Waals surface area contributed by atoms with Gasteiger partial charge in [0.25, 0.3) is 5.91 Å². The Bertz CT molecular complexity index is 1150. The van der Waals surface area contributed by atoms with Crippen molar-refractivity contribution in [1.29, 1.82) is 0 Å². The van der Waals surface area contributed by atoms with Gasteiger partial charge in [-0.25, -0.2) is 9.97 Å². The molecule has 11 nitrogen and oxygen atoms in total. The molecule has 0 fully saturated rings. The number of aromatic nitrogens is 3. The average Bonchev–Trinajstić information content (AvgIpc) is 2.76. The minimum absolute atomic E-state index is 0.0326. The summed E-state index contributed by atoms with van der Waals surface area (Å²) in [6, 6.07) is 7.51. The number of carboxylic acids is 1. The molecular weight excluding hydrogens is 414 g/mol. The highest BCUT2D eigenvalue weighted by molar-refractivity contribution is 5.96. The lowest BCUT2D eigenvalue weighted by molar-refractivity contribution is -0.137. The highest BCUT2D eigenvalue weighted by Gasteiger charge is 2.15. The molecule has 1 aromatic carbocycles. The number of carboxylic acid groups (broad SMARTS) is 1. The Balaban J connectivity index is 1.66. The fraction of sp³-hybridized carbons (Fsp3) is 0.238. The van der Waals surface area contributed by atoms with Crippen LogP contribution < -0.4 is 21.7 Å². The van der Waals surface area contributed by atoms with E-state index in [0.29, 0.717) is 35.1 Å². The van der Waals surface area contributed by atoms with Gasteiger partial charge < -0.3 is 31.6 Å². The number of aldehydes is 1. The van der Waals surface area contributed by atoms with E-state index in [-0.39, 0.29) is 24.5 Å². The topological polar surface area (TPSA) is 177 Å².